The highest BCUT2D eigenvalue weighted by atomic mass is 79.9. The van der Waals surface area contributed by atoms with E-state index in [0.717, 1.165) is 19.4 Å². The smallest absolute Gasteiger partial charge is 0.317 e. The molecule has 2 aliphatic heterocycles. The predicted octanol–water partition coefficient (Wildman–Crippen LogP) is 0.158. The van der Waals surface area contributed by atoms with Crippen molar-refractivity contribution < 1.29 is 13.2 Å². The van der Waals surface area contributed by atoms with Crippen LogP contribution in [0.15, 0.2) is 0 Å². The summed E-state index contributed by atoms with van der Waals surface area (Å²) >= 11 is 2.99. The zero-order valence-corrected chi connectivity index (χ0v) is 11.8. The Morgan fingerprint density at radius 2 is 1.94 bits per heavy atom. The van der Waals surface area contributed by atoms with Crippen LogP contribution in [0.4, 0.5) is 4.79 Å². The predicted molar refractivity (Wildman–Crippen MR) is 67.4 cm³/mol. The van der Waals surface area contributed by atoms with Crippen molar-refractivity contribution in [3.05, 3.63) is 0 Å². The zero-order chi connectivity index (χ0) is 12.5. The quantitative estimate of drug-likeness (QED) is 0.751. The molecule has 98 valence electrons. The lowest BCUT2D eigenvalue weighted by molar-refractivity contribution is 0.167. The van der Waals surface area contributed by atoms with Gasteiger partial charge in [-0.15, -0.1) is 0 Å². The van der Waals surface area contributed by atoms with Crippen LogP contribution in [-0.2, 0) is 10.0 Å². The van der Waals surface area contributed by atoms with Gasteiger partial charge in [0.15, 0.2) is 0 Å². The largest absolute Gasteiger partial charge is 0.336 e. The lowest BCUT2D eigenvalue weighted by atomic mass is 10.1. The minimum Gasteiger partial charge on any atom is -0.336 e. The number of rotatable bonds is 3. The Bertz CT molecular complexity index is 392. The van der Waals surface area contributed by atoms with Crippen LogP contribution < -0.4 is 5.32 Å². The molecule has 0 aromatic heterocycles. The van der Waals surface area contributed by atoms with E-state index in [1.165, 1.54) is 4.31 Å². The first kappa shape index (κ1) is 13.1. The lowest BCUT2D eigenvalue weighted by Crippen LogP contribution is -2.47. The van der Waals surface area contributed by atoms with Gasteiger partial charge in [-0.3, -0.25) is 0 Å². The third-order valence-corrected chi connectivity index (χ3v) is 6.45. The minimum absolute atomic E-state index is 0.0215. The molecule has 2 fully saturated rings. The van der Waals surface area contributed by atoms with Crippen LogP contribution in [0.3, 0.4) is 0 Å². The van der Waals surface area contributed by atoms with Crippen LogP contribution in [0.1, 0.15) is 12.8 Å². The summed E-state index contributed by atoms with van der Waals surface area (Å²) in [6, 6.07) is 0.158. The number of nitrogens with zero attached hydrogens (tertiary/aromatic N) is 2. The number of hydrogen-bond acceptors (Lipinski definition) is 3. The number of piperidine rings is 1. The molecule has 2 saturated heterocycles. The van der Waals surface area contributed by atoms with Crippen LogP contribution in [0.5, 0.6) is 0 Å². The zero-order valence-electron chi connectivity index (χ0n) is 9.43. The first-order valence-corrected chi connectivity index (χ1v) is 8.36. The van der Waals surface area contributed by atoms with Crippen LogP contribution >= 0.6 is 15.9 Å². The van der Waals surface area contributed by atoms with E-state index in [4.69, 9.17) is 0 Å². The van der Waals surface area contributed by atoms with Crippen molar-refractivity contribution in [3.63, 3.8) is 0 Å². The Morgan fingerprint density at radius 3 is 2.41 bits per heavy atom. The van der Waals surface area contributed by atoms with Crippen LogP contribution in [0.25, 0.3) is 0 Å². The maximum Gasteiger partial charge on any atom is 0.317 e. The molecule has 2 amide bonds. The molecule has 0 aromatic carbocycles. The van der Waals surface area contributed by atoms with Crippen molar-refractivity contribution in [3.8, 4) is 0 Å². The second-order valence-electron chi connectivity index (χ2n) is 4.28. The molecule has 2 rings (SSSR count). The molecule has 2 aliphatic rings. The summed E-state index contributed by atoms with van der Waals surface area (Å²) < 4.78 is 24.7. The minimum atomic E-state index is -3.15. The molecule has 0 atom stereocenters. The number of carbonyl (C=O) groups is 1. The highest BCUT2D eigenvalue weighted by Crippen LogP contribution is 2.20. The first-order chi connectivity index (χ1) is 8.04. The standard InChI is InChI=1S/C9H16BrN3O3S/c10-7-17(15,16)12-4-1-8(2-5-12)13-6-3-11-9(13)14/h8H,1-7H2,(H,11,14). The number of alkyl halides is 1. The Balaban J connectivity index is 1.92. The topological polar surface area (TPSA) is 69.7 Å². The molecule has 0 aromatic rings. The number of hydrogen-bond donors (Lipinski definition) is 1. The second kappa shape index (κ2) is 5.11. The molecule has 0 aliphatic carbocycles. The third kappa shape index (κ3) is 2.74. The molecule has 0 spiro atoms. The number of urea groups is 1. The molecule has 6 nitrogen and oxygen atoms in total. The number of halogens is 1. The molecule has 0 bridgehead atoms. The summed E-state index contributed by atoms with van der Waals surface area (Å²) in [4.78, 5) is 13.3. The highest BCUT2D eigenvalue weighted by molar-refractivity contribution is 9.10. The number of carbonyl (C=O) groups excluding carboxylic acids is 1. The summed E-state index contributed by atoms with van der Waals surface area (Å²) in [5.74, 6) is 0. The number of sulfonamides is 1. The Kier molecular flexibility index (Phi) is 3.94. The normalized spacial score (nSPS) is 24.1. The summed E-state index contributed by atoms with van der Waals surface area (Å²) in [5.41, 5.74) is 0. The van der Waals surface area contributed by atoms with E-state index in [1.807, 2.05) is 4.90 Å². The molecule has 8 heteroatoms. The molecular formula is C9H16BrN3O3S. The Hall–Kier alpha value is -0.340. The van der Waals surface area contributed by atoms with Crippen molar-refractivity contribution in [1.82, 2.24) is 14.5 Å². The van der Waals surface area contributed by atoms with Crippen molar-refractivity contribution in [2.24, 2.45) is 0 Å². The van der Waals surface area contributed by atoms with E-state index in [-0.39, 0.29) is 16.7 Å². The third-order valence-electron chi connectivity index (χ3n) is 3.29. The summed E-state index contributed by atoms with van der Waals surface area (Å²) in [5, 5.41) is 2.77. The van der Waals surface area contributed by atoms with Gasteiger partial charge in [-0.25, -0.2) is 17.5 Å². The second-order valence-corrected chi connectivity index (χ2v) is 7.55. The summed E-state index contributed by atoms with van der Waals surface area (Å²) in [7, 11) is -3.15. The van der Waals surface area contributed by atoms with Gasteiger partial charge in [0.25, 0.3) is 0 Å². The molecule has 2 heterocycles. The maximum absolute atomic E-state index is 11.6. The first-order valence-electron chi connectivity index (χ1n) is 5.63. The SMILES string of the molecule is O=C1NCCN1C1CCN(S(=O)(=O)CBr)CC1. The Morgan fingerprint density at radius 1 is 1.29 bits per heavy atom. The van der Waals surface area contributed by atoms with Gasteiger partial charge in [0.1, 0.15) is 4.66 Å². The molecule has 0 saturated carbocycles. The fourth-order valence-corrected chi connectivity index (χ4v) is 4.11. The van der Waals surface area contributed by atoms with Crippen LogP contribution in [-0.4, -0.2) is 60.5 Å². The van der Waals surface area contributed by atoms with Gasteiger partial charge >= 0.3 is 6.03 Å². The lowest BCUT2D eigenvalue weighted by Gasteiger charge is -2.35. The van der Waals surface area contributed by atoms with Gasteiger partial charge in [0, 0.05) is 32.2 Å². The van der Waals surface area contributed by atoms with Gasteiger partial charge in [-0.1, -0.05) is 15.9 Å². The van der Waals surface area contributed by atoms with Gasteiger partial charge in [-0.05, 0) is 12.8 Å². The average Bonchev–Trinajstić information content (AvgIpc) is 2.76. The molecule has 1 N–H and O–H groups in total. The van der Waals surface area contributed by atoms with E-state index in [0.29, 0.717) is 19.6 Å². The Labute approximate surface area is 110 Å². The highest BCUT2D eigenvalue weighted by Gasteiger charge is 2.33. The van der Waals surface area contributed by atoms with Crippen molar-refractivity contribution in [1.29, 1.82) is 0 Å². The monoisotopic (exact) mass is 325 g/mol. The maximum atomic E-state index is 11.6. The van der Waals surface area contributed by atoms with Crippen LogP contribution in [0.2, 0.25) is 0 Å². The number of amides is 2. The van der Waals surface area contributed by atoms with Gasteiger partial charge in [0.05, 0.1) is 0 Å². The van der Waals surface area contributed by atoms with Crippen molar-refractivity contribution in [2.75, 3.05) is 30.8 Å². The van der Waals surface area contributed by atoms with Gasteiger partial charge in [0.2, 0.25) is 10.0 Å². The summed E-state index contributed by atoms with van der Waals surface area (Å²) in [6.45, 7) is 2.43. The van der Waals surface area contributed by atoms with E-state index in [9.17, 15) is 13.2 Å². The molecular weight excluding hydrogens is 310 g/mol. The molecule has 0 unspecified atom stereocenters. The van der Waals surface area contributed by atoms with Gasteiger partial charge in [-0.2, -0.15) is 0 Å². The molecule has 17 heavy (non-hydrogen) atoms. The van der Waals surface area contributed by atoms with E-state index in [1.54, 1.807) is 0 Å². The van der Waals surface area contributed by atoms with Crippen molar-refractivity contribution in [2.45, 2.75) is 18.9 Å². The summed E-state index contributed by atoms with van der Waals surface area (Å²) in [6.07, 6.45) is 1.44. The van der Waals surface area contributed by atoms with E-state index in [2.05, 4.69) is 21.2 Å². The fraction of sp³-hybridized carbons (Fsp3) is 0.889. The number of nitrogens with one attached hydrogen (secondary N) is 1. The van der Waals surface area contributed by atoms with Gasteiger partial charge < -0.3 is 10.2 Å². The van der Waals surface area contributed by atoms with Crippen LogP contribution in [0, 0.1) is 0 Å². The van der Waals surface area contributed by atoms with E-state index >= 15 is 0 Å². The van der Waals surface area contributed by atoms with E-state index < -0.39 is 10.0 Å². The van der Waals surface area contributed by atoms with Crippen molar-refractivity contribution >= 4 is 32.0 Å². The molecule has 0 radical (unpaired) electrons. The average molecular weight is 326 g/mol. The fourth-order valence-electron chi connectivity index (χ4n) is 2.34.